The third kappa shape index (κ3) is 4.10. The molecule has 0 fully saturated rings. The minimum Gasteiger partial charge on any atom is -0.324 e. The zero-order chi connectivity index (χ0) is 13.7. The molecule has 0 aliphatic rings. The average Bonchev–Trinajstić information content (AvgIpc) is 2.38. The van der Waals surface area contributed by atoms with Crippen molar-refractivity contribution in [1.82, 2.24) is 4.98 Å². The van der Waals surface area contributed by atoms with Crippen molar-refractivity contribution in [3.63, 3.8) is 0 Å². The van der Waals surface area contributed by atoms with Crippen LogP contribution in [0.5, 0.6) is 0 Å². The normalized spacial score (nSPS) is 10.2. The number of nitrogens with one attached hydrogen (secondary N) is 1. The number of pyridine rings is 1. The molecule has 1 N–H and O–H groups in total. The Morgan fingerprint density at radius 2 is 2.05 bits per heavy atom. The standard InChI is InChI=1S/C15H16N2OS/c1-11-8-14(17-12(2)18)15(16-9-11)19-10-13-6-4-3-5-7-13/h3-9H,10H2,1-2H3,(H,17,18). The number of carbonyl (C=O) groups is 1. The minimum atomic E-state index is -0.0750. The predicted molar refractivity (Wildman–Crippen MR) is 79.3 cm³/mol. The van der Waals surface area contributed by atoms with Gasteiger partial charge in [-0.2, -0.15) is 0 Å². The van der Waals surface area contributed by atoms with Gasteiger partial charge in [0.15, 0.2) is 0 Å². The maximum Gasteiger partial charge on any atom is 0.221 e. The summed E-state index contributed by atoms with van der Waals surface area (Å²) in [5.41, 5.74) is 3.06. The van der Waals surface area contributed by atoms with Gasteiger partial charge in [0.05, 0.1) is 5.69 Å². The van der Waals surface area contributed by atoms with Gasteiger partial charge in [0.2, 0.25) is 5.91 Å². The molecule has 2 aromatic rings. The van der Waals surface area contributed by atoms with Gasteiger partial charge in [0.25, 0.3) is 0 Å². The first kappa shape index (κ1) is 13.6. The summed E-state index contributed by atoms with van der Waals surface area (Å²) in [5, 5.41) is 3.68. The zero-order valence-electron chi connectivity index (χ0n) is 11.0. The molecule has 0 bridgehead atoms. The van der Waals surface area contributed by atoms with Crippen LogP contribution >= 0.6 is 11.8 Å². The molecular weight excluding hydrogens is 256 g/mol. The lowest BCUT2D eigenvalue weighted by Gasteiger charge is -2.09. The molecule has 3 nitrogen and oxygen atoms in total. The molecule has 1 heterocycles. The summed E-state index contributed by atoms with van der Waals surface area (Å²) in [7, 11) is 0. The van der Waals surface area contributed by atoms with E-state index >= 15 is 0 Å². The molecule has 19 heavy (non-hydrogen) atoms. The number of hydrogen-bond acceptors (Lipinski definition) is 3. The number of carbonyl (C=O) groups excluding carboxylic acids is 1. The molecule has 2 rings (SSSR count). The van der Waals surface area contributed by atoms with Crippen molar-refractivity contribution in [2.75, 3.05) is 5.32 Å². The summed E-state index contributed by atoms with van der Waals surface area (Å²) < 4.78 is 0. The summed E-state index contributed by atoms with van der Waals surface area (Å²) in [6.07, 6.45) is 1.82. The van der Waals surface area contributed by atoms with Crippen molar-refractivity contribution < 1.29 is 4.79 Å². The zero-order valence-corrected chi connectivity index (χ0v) is 11.8. The molecule has 1 aromatic carbocycles. The SMILES string of the molecule is CC(=O)Nc1cc(C)cnc1SCc1ccccc1. The monoisotopic (exact) mass is 272 g/mol. The van der Waals surface area contributed by atoms with Crippen molar-refractivity contribution in [2.24, 2.45) is 0 Å². The van der Waals surface area contributed by atoms with E-state index in [1.807, 2.05) is 37.4 Å². The van der Waals surface area contributed by atoms with Crippen LogP contribution in [0.2, 0.25) is 0 Å². The van der Waals surface area contributed by atoms with Crippen molar-refractivity contribution >= 4 is 23.4 Å². The number of aryl methyl sites for hydroxylation is 1. The van der Waals surface area contributed by atoms with Crippen LogP contribution in [0, 0.1) is 6.92 Å². The fourth-order valence-corrected chi connectivity index (χ4v) is 2.57. The van der Waals surface area contributed by atoms with Gasteiger partial charge >= 0.3 is 0 Å². The van der Waals surface area contributed by atoms with E-state index in [0.29, 0.717) is 0 Å². The quantitative estimate of drug-likeness (QED) is 0.864. The second-order valence-corrected chi connectivity index (χ2v) is 5.28. The number of thioether (sulfide) groups is 1. The number of amides is 1. The van der Waals surface area contributed by atoms with E-state index in [9.17, 15) is 4.79 Å². The van der Waals surface area contributed by atoms with Gasteiger partial charge < -0.3 is 5.32 Å². The molecule has 0 atom stereocenters. The Bertz CT molecular complexity index is 570. The third-order valence-electron chi connectivity index (χ3n) is 2.52. The van der Waals surface area contributed by atoms with Crippen LogP contribution in [0.15, 0.2) is 47.6 Å². The molecule has 0 aliphatic heterocycles. The van der Waals surface area contributed by atoms with Crippen molar-refractivity contribution in [1.29, 1.82) is 0 Å². The molecular formula is C15H16N2OS. The molecule has 0 radical (unpaired) electrons. The highest BCUT2D eigenvalue weighted by atomic mass is 32.2. The lowest BCUT2D eigenvalue weighted by molar-refractivity contribution is -0.114. The summed E-state index contributed by atoms with van der Waals surface area (Å²) in [6.45, 7) is 3.47. The number of aromatic nitrogens is 1. The topological polar surface area (TPSA) is 42.0 Å². The second-order valence-electron chi connectivity index (χ2n) is 4.32. The van der Waals surface area contributed by atoms with Gasteiger partial charge in [-0.1, -0.05) is 42.1 Å². The molecule has 0 saturated heterocycles. The van der Waals surface area contributed by atoms with Crippen molar-refractivity contribution in [3.8, 4) is 0 Å². The lowest BCUT2D eigenvalue weighted by Crippen LogP contribution is -2.07. The van der Waals surface area contributed by atoms with Gasteiger partial charge in [-0.25, -0.2) is 4.98 Å². The Hall–Kier alpha value is -1.81. The maximum atomic E-state index is 11.2. The van der Waals surface area contributed by atoms with Crippen LogP contribution in [-0.4, -0.2) is 10.9 Å². The van der Waals surface area contributed by atoms with E-state index in [0.717, 1.165) is 22.0 Å². The molecule has 1 aromatic heterocycles. The Morgan fingerprint density at radius 3 is 2.74 bits per heavy atom. The fraction of sp³-hybridized carbons (Fsp3) is 0.200. The van der Waals surface area contributed by atoms with E-state index in [1.165, 1.54) is 12.5 Å². The highest BCUT2D eigenvalue weighted by molar-refractivity contribution is 7.98. The van der Waals surface area contributed by atoms with Gasteiger partial charge in [0, 0.05) is 18.9 Å². The maximum absolute atomic E-state index is 11.2. The molecule has 1 amide bonds. The first-order chi connectivity index (χ1) is 9.15. The van der Waals surface area contributed by atoms with Crippen LogP contribution < -0.4 is 5.32 Å². The Labute approximate surface area is 117 Å². The van der Waals surface area contributed by atoms with E-state index in [1.54, 1.807) is 11.8 Å². The number of rotatable bonds is 4. The van der Waals surface area contributed by atoms with Gasteiger partial charge in [-0.3, -0.25) is 4.79 Å². The van der Waals surface area contributed by atoms with Crippen LogP contribution in [0.1, 0.15) is 18.1 Å². The van der Waals surface area contributed by atoms with Crippen LogP contribution in [0.4, 0.5) is 5.69 Å². The highest BCUT2D eigenvalue weighted by Gasteiger charge is 2.07. The van der Waals surface area contributed by atoms with E-state index < -0.39 is 0 Å². The lowest BCUT2D eigenvalue weighted by atomic mass is 10.2. The molecule has 0 aliphatic carbocycles. The first-order valence-electron chi connectivity index (χ1n) is 6.06. The van der Waals surface area contributed by atoms with Gasteiger partial charge in [0.1, 0.15) is 5.03 Å². The number of anilines is 1. The van der Waals surface area contributed by atoms with E-state index in [4.69, 9.17) is 0 Å². The number of benzene rings is 1. The second kappa shape index (κ2) is 6.38. The van der Waals surface area contributed by atoms with Gasteiger partial charge in [-0.05, 0) is 24.1 Å². The predicted octanol–water partition coefficient (Wildman–Crippen LogP) is 3.64. The van der Waals surface area contributed by atoms with E-state index in [2.05, 4.69) is 22.4 Å². The average molecular weight is 272 g/mol. The summed E-state index contributed by atoms with van der Waals surface area (Å²) >= 11 is 1.62. The first-order valence-corrected chi connectivity index (χ1v) is 7.04. The Kier molecular flexibility index (Phi) is 4.58. The molecule has 0 spiro atoms. The summed E-state index contributed by atoms with van der Waals surface area (Å²) in [6, 6.07) is 12.2. The van der Waals surface area contributed by atoms with Crippen molar-refractivity contribution in [3.05, 3.63) is 53.7 Å². The number of nitrogens with zero attached hydrogens (tertiary/aromatic N) is 1. The Morgan fingerprint density at radius 1 is 1.32 bits per heavy atom. The fourth-order valence-electron chi connectivity index (χ4n) is 1.68. The third-order valence-corrected chi connectivity index (χ3v) is 3.59. The molecule has 0 unspecified atom stereocenters. The highest BCUT2D eigenvalue weighted by Crippen LogP contribution is 2.28. The van der Waals surface area contributed by atoms with Crippen LogP contribution in [-0.2, 0) is 10.5 Å². The smallest absolute Gasteiger partial charge is 0.221 e. The Balaban J connectivity index is 2.13. The summed E-state index contributed by atoms with van der Waals surface area (Å²) in [4.78, 5) is 15.6. The van der Waals surface area contributed by atoms with Gasteiger partial charge in [-0.15, -0.1) is 0 Å². The van der Waals surface area contributed by atoms with E-state index in [-0.39, 0.29) is 5.91 Å². The largest absolute Gasteiger partial charge is 0.324 e. The van der Waals surface area contributed by atoms with Crippen LogP contribution in [0.25, 0.3) is 0 Å². The summed E-state index contributed by atoms with van der Waals surface area (Å²) in [5.74, 6) is 0.762. The molecule has 4 heteroatoms. The molecule has 0 saturated carbocycles. The van der Waals surface area contributed by atoms with Crippen LogP contribution in [0.3, 0.4) is 0 Å². The molecule has 98 valence electrons. The van der Waals surface area contributed by atoms with Crippen molar-refractivity contribution in [2.45, 2.75) is 24.6 Å². The minimum absolute atomic E-state index is 0.0750. The number of hydrogen-bond donors (Lipinski definition) is 1.